The van der Waals surface area contributed by atoms with Crippen LogP contribution in [0.3, 0.4) is 0 Å². The summed E-state index contributed by atoms with van der Waals surface area (Å²) in [5, 5.41) is 0. The van der Waals surface area contributed by atoms with Crippen molar-refractivity contribution in [3.8, 4) is 0 Å². The van der Waals surface area contributed by atoms with Crippen LogP contribution in [0.2, 0.25) is 0 Å². The summed E-state index contributed by atoms with van der Waals surface area (Å²) >= 11 is 0. The SMILES string of the molecule is Cc1ccc2nc(N)n(C(C)C(=O)N3CCCCC3)c2c1. The number of carbonyl (C=O) groups is 1. The van der Waals surface area contributed by atoms with E-state index in [1.165, 1.54) is 6.42 Å². The smallest absolute Gasteiger partial charge is 0.245 e. The maximum absolute atomic E-state index is 12.7. The number of piperidine rings is 1. The van der Waals surface area contributed by atoms with Crippen LogP contribution in [0.1, 0.15) is 37.8 Å². The van der Waals surface area contributed by atoms with E-state index in [0.29, 0.717) is 5.95 Å². The van der Waals surface area contributed by atoms with Gasteiger partial charge in [0.2, 0.25) is 11.9 Å². The van der Waals surface area contributed by atoms with Gasteiger partial charge in [0.25, 0.3) is 0 Å². The van der Waals surface area contributed by atoms with Crippen molar-refractivity contribution >= 4 is 22.9 Å². The molecule has 1 amide bonds. The van der Waals surface area contributed by atoms with Crippen LogP contribution in [0, 0.1) is 6.92 Å². The molecule has 1 saturated heterocycles. The van der Waals surface area contributed by atoms with E-state index < -0.39 is 0 Å². The predicted octanol–water partition coefficient (Wildman–Crippen LogP) is 2.50. The molecule has 1 fully saturated rings. The lowest BCUT2D eigenvalue weighted by molar-refractivity contribution is -0.135. The van der Waals surface area contributed by atoms with Gasteiger partial charge in [-0.1, -0.05) is 6.07 Å². The van der Waals surface area contributed by atoms with Gasteiger partial charge in [-0.3, -0.25) is 9.36 Å². The zero-order chi connectivity index (χ0) is 15.0. The second-order valence-corrected chi connectivity index (χ2v) is 5.89. The molecule has 3 rings (SSSR count). The zero-order valence-corrected chi connectivity index (χ0v) is 12.7. The Morgan fingerprint density at radius 2 is 2.00 bits per heavy atom. The Labute approximate surface area is 124 Å². The van der Waals surface area contributed by atoms with Crippen LogP contribution in [0.4, 0.5) is 5.95 Å². The van der Waals surface area contributed by atoms with Crippen LogP contribution >= 0.6 is 0 Å². The average molecular weight is 286 g/mol. The first-order valence-corrected chi connectivity index (χ1v) is 7.61. The molecular formula is C16H22N4O. The fourth-order valence-corrected chi connectivity index (χ4v) is 3.12. The van der Waals surface area contributed by atoms with Crippen molar-refractivity contribution in [1.29, 1.82) is 0 Å². The monoisotopic (exact) mass is 286 g/mol. The third-order valence-electron chi connectivity index (χ3n) is 4.28. The van der Waals surface area contributed by atoms with Crippen molar-refractivity contribution < 1.29 is 4.79 Å². The van der Waals surface area contributed by atoms with E-state index in [1.54, 1.807) is 0 Å². The third kappa shape index (κ3) is 2.48. The molecule has 5 nitrogen and oxygen atoms in total. The molecule has 1 unspecified atom stereocenters. The minimum Gasteiger partial charge on any atom is -0.369 e. The predicted molar refractivity (Wildman–Crippen MR) is 84.0 cm³/mol. The standard InChI is InChI=1S/C16H22N4O/c1-11-6-7-13-14(10-11)20(16(17)18-13)12(2)15(21)19-8-4-3-5-9-19/h6-7,10,12H,3-5,8-9H2,1-2H3,(H2,17,18). The van der Waals surface area contributed by atoms with Gasteiger partial charge in [-0.15, -0.1) is 0 Å². The first kappa shape index (κ1) is 13.9. The van der Waals surface area contributed by atoms with Crippen LogP contribution in [-0.2, 0) is 4.79 Å². The molecule has 2 aromatic rings. The maximum Gasteiger partial charge on any atom is 0.245 e. The lowest BCUT2D eigenvalue weighted by Crippen LogP contribution is -2.39. The van der Waals surface area contributed by atoms with Gasteiger partial charge < -0.3 is 10.6 Å². The van der Waals surface area contributed by atoms with Crippen LogP contribution in [0.15, 0.2) is 18.2 Å². The molecule has 5 heteroatoms. The summed E-state index contributed by atoms with van der Waals surface area (Å²) in [4.78, 5) is 19.0. The summed E-state index contributed by atoms with van der Waals surface area (Å²) in [5.41, 5.74) is 8.97. The van der Waals surface area contributed by atoms with E-state index in [2.05, 4.69) is 4.98 Å². The number of carbonyl (C=O) groups excluding carboxylic acids is 1. The van der Waals surface area contributed by atoms with Gasteiger partial charge >= 0.3 is 0 Å². The Bertz CT molecular complexity index is 670. The maximum atomic E-state index is 12.7. The summed E-state index contributed by atoms with van der Waals surface area (Å²) in [6.07, 6.45) is 3.41. The normalized spacial score (nSPS) is 17.1. The quantitative estimate of drug-likeness (QED) is 0.922. The number of rotatable bonds is 2. The number of hydrogen-bond acceptors (Lipinski definition) is 3. The lowest BCUT2D eigenvalue weighted by Gasteiger charge is -2.30. The Morgan fingerprint density at radius 3 is 2.71 bits per heavy atom. The Kier molecular flexibility index (Phi) is 3.57. The number of aromatic nitrogens is 2. The van der Waals surface area contributed by atoms with Crippen LogP contribution < -0.4 is 5.73 Å². The summed E-state index contributed by atoms with van der Waals surface area (Å²) < 4.78 is 1.86. The van der Waals surface area contributed by atoms with Crippen molar-refractivity contribution in [2.75, 3.05) is 18.8 Å². The average Bonchev–Trinajstić information content (AvgIpc) is 2.82. The van der Waals surface area contributed by atoms with E-state index >= 15 is 0 Å². The number of hydrogen-bond donors (Lipinski definition) is 1. The number of amides is 1. The highest BCUT2D eigenvalue weighted by atomic mass is 16.2. The highest BCUT2D eigenvalue weighted by Gasteiger charge is 2.26. The molecule has 1 aromatic carbocycles. The van der Waals surface area contributed by atoms with Crippen molar-refractivity contribution in [3.05, 3.63) is 23.8 Å². The van der Waals surface area contributed by atoms with Crippen LogP contribution in [0.25, 0.3) is 11.0 Å². The van der Waals surface area contributed by atoms with Crippen molar-refractivity contribution in [3.63, 3.8) is 0 Å². The molecule has 21 heavy (non-hydrogen) atoms. The summed E-state index contributed by atoms with van der Waals surface area (Å²) in [7, 11) is 0. The molecule has 1 aromatic heterocycles. The van der Waals surface area contributed by atoms with Gasteiger partial charge in [0, 0.05) is 13.1 Å². The Balaban J connectivity index is 1.96. The number of imidazole rings is 1. The molecule has 0 saturated carbocycles. The van der Waals surface area contributed by atoms with Crippen LogP contribution in [0.5, 0.6) is 0 Å². The van der Waals surface area contributed by atoms with Crippen LogP contribution in [-0.4, -0.2) is 33.4 Å². The number of fused-ring (bicyclic) bond motifs is 1. The number of nitrogens with two attached hydrogens (primary N) is 1. The first-order chi connectivity index (χ1) is 10.1. The second kappa shape index (κ2) is 5.39. The largest absolute Gasteiger partial charge is 0.369 e. The van der Waals surface area contributed by atoms with Gasteiger partial charge in [0.15, 0.2) is 0 Å². The van der Waals surface area contributed by atoms with E-state index in [-0.39, 0.29) is 11.9 Å². The summed E-state index contributed by atoms with van der Waals surface area (Å²) in [6.45, 7) is 5.66. The zero-order valence-electron chi connectivity index (χ0n) is 12.7. The Hall–Kier alpha value is -2.04. The van der Waals surface area contributed by atoms with Crippen molar-refractivity contribution in [2.45, 2.75) is 39.2 Å². The second-order valence-electron chi connectivity index (χ2n) is 5.89. The third-order valence-corrected chi connectivity index (χ3v) is 4.28. The fraction of sp³-hybridized carbons (Fsp3) is 0.500. The number of aryl methyl sites for hydroxylation is 1. The number of benzene rings is 1. The van der Waals surface area contributed by atoms with Gasteiger partial charge in [0.05, 0.1) is 11.0 Å². The van der Waals surface area contributed by atoms with E-state index in [0.717, 1.165) is 42.5 Å². The number of nitrogens with zero attached hydrogens (tertiary/aromatic N) is 3. The molecule has 0 spiro atoms. The van der Waals surface area contributed by atoms with E-state index in [9.17, 15) is 4.79 Å². The summed E-state index contributed by atoms with van der Waals surface area (Å²) in [5.74, 6) is 0.552. The number of anilines is 1. The van der Waals surface area contributed by atoms with Crippen molar-refractivity contribution in [2.24, 2.45) is 0 Å². The van der Waals surface area contributed by atoms with Crippen molar-refractivity contribution in [1.82, 2.24) is 14.5 Å². The molecular weight excluding hydrogens is 264 g/mol. The van der Waals surface area contributed by atoms with Gasteiger partial charge in [-0.25, -0.2) is 4.98 Å². The lowest BCUT2D eigenvalue weighted by atomic mass is 10.1. The van der Waals surface area contributed by atoms with Gasteiger partial charge in [-0.05, 0) is 50.8 Å². The van der Waals surface area contributed by atoms with E-state index in [4.69, 9.17) is 5.73 Å². The molecule has 1 atom stereocenters. The van der Waals surface area contributed by atoms with E-state index in [1.807, 2.05) is 41.5 Å². The highest BCUT2D eigenvalue weighted by molar-refractivity contribution is 5.86. The number of nitrogen functional groups attached to an aromatic ring is 1. The topological polar surface area (TPSA) is 64.1 Å². The molecule has 2 N–H and O–H groups in total. The molecule has 1 aliphatic heterocycles. The minimum atomic E-state index is -0.310. The fourth-order valence-electron chi connectivity index (χ4n) is 3.12. The molecule has 1 aliphatic rings. The molecule has 2 heterocycles. The highest BCUT2D eigenvalue weighted by Crippen LogP contribution is 2.25. The molecule has 0 radical (unpaired) electrons. The number of likely N-dealkylation sites (tertiary alicyclic amines) is 1. The minimum absolute atomic E-state index is 0.141. The summed E-state index contributed by atoms with van der Waals surface area (Å²) in [6, 6.07) is 5.69. The first-order valence-electron chi connectivity index (χ1n) is 7.61. The van der Waals surface area contributed by atoms with Gasteiger partial charge in [-0.2, -0.15) is 0 Å². The molecule has 0 aliphatic carbocycles. The molecule has 112 valence electrons. The Morgan fingerprint density at radius 1 is 1.29 bits per heavy atom. The van der Waals surface area contributed by atoms with Gasteiger partial charge in [0.1, 0.15) is 6.04 Å². The molecule has 0 bridgehead atoms.